The first-order valence-corrected chi connectivity index (χ1v) is 6.87. The number of hydrogen-bond acceptors (Lipinski definition) is 3. The normalized spacial score (nSPS) is 20.0. The molecule has 0 unspecified atom stereocenters. The molecule has 3 rings (SSSR count). The number of aliphatic carboxylic acids is 1. The highest BCUT2D eigenvalue weighted by Crippen LogP contribution is 2.29. The molecule has 4 nitrogen and oxygen atoms in total. The predicted molar refractivity (Wildman–Crippen MR) is 71.1 cm³/mol. The summed E-state index contributed by atoms with van der Waals surface area (Å²) in [5, 5.41) is 8.82. The van der Waals surface area contributed by atoms with Gasteiger partial charge >= 0.3 is 5.97 Å². The smallest absolute Gasteiger partial charge is 0.309 e. The Hall–Kier alpha value is -1.55. The second-order valence-corrected chi connectivity index (χ2v) is 5.63. The van der Waals surface area contributed by atoms with Gasteiger partial charge in [-0.15, -0.1) is 0 Å². The van der Waals surface area contributed by atoms with E-state index in [-0.39, 0.29) is 5.92 Å². The van der Waals surface area contributed by atoms with E-state index in [2.05, 4.69) is 17.0 Å². The van der Waals surface area contributed by atoms with E-state index in [0.717, 1.165) is 24.8 Å². The lowest BCUT2D eigenvalue weighted by atomic mass is 10.00. The first-order valence-electron chi connectivity index (χ1n) is 6.87. The molecule has 4 heteroatoms. The van der Waals surface area contributed by atoms with Crippen molar-refractivity contribution in [3.8, 4) is 5.75 Å². The average Bonchev–Trinajstić information content (AvgIpc) is 3.15. The Morgan fingerprint density at radius 2 is 1.95 bits per heavy atom. The van der Waals surface area contributed by atoms with Gasteiger partial charge in [-0.25, -0.2) is 0 Å². The van der Waals surface area contributed by atoms with Crippen molar-refractivity contribution in [1.82, 2.24) is 4.90 Å². The van der Waals surface area contributed by atoms with E-state index in [1.807, 2.05) is 12.1 Å². The van der Waals surface area contributed by atoms with Crippen LogP contribution in [0.15, 0.2) is 24.3 Å². The number of carboxylic acids is 1. The van der Waals surface area contributed by atoms with Gasteiger partial charge in [-0.3, -0.25) is 9.69 Å². The maximum atomic E-state index is 10.7. The third-order valence-electron chi connectivity index (χ3n) is 3.82. The second-order valence-electron chi connectivity index (χ2n) is 5.63. The van der Waals surface area contributed by atoms with Crippen LogP contribution in [0.4, 0.5) is 0 Å². The quantitative estimate of drug-likeness (QED) is 0.851. The zero-order valence-electron chi connectivity index (χ0n) is 10.9. The van der Waals surface area contributed by atoms with Crippen molar-refractivity contribution in [2.24, 2.45) is 11.8 Å². The van der Waals surface area contributed by atoms with Gasteiger partial charge in [0.05, 0.1) is 12.5 Å². The zero-order chi connectivity index (χ0) is 13.2. The summed E-state index contributed by atoms with van der Waals surface area (Å²) >= 11 is 0. The molecule has 0 bridgehead atoms. The monoisotopic (exact) mass is 261 g/mol. The Bertz CT molecular complexity index is 447. The van der Waals surface area contributed by atoms with Crippen LogP contribution < -0.4 is 4.74 Å². The fourth-order valence-electron chi connectivity index (χ4n) is 2.30. The molecule has 0 radical (unpaired) electrons. The molecular formula is C15H19NO3. The zero-order valence-corrected chi connectivity index (χ0v) is 10.9. The SMILES string of the molecule is O=C(O)C1CN(Cc2ccc(OCC3CC3)cc2)C1. The number of nitrogens with zero attached hydrogens (tertiary/aromatic N) is 1. The molecule has 0 spiro atoms. The van der Waals surface area contributed by atoms with Crippen LogP contribution >= 0.6 is 0 Å². The van der Waals surface area contributed by atoms with E-state index in [1.54, 1.807) is 0 Å². The summed E-state index contributed by atoms with van der Waals surface area (Å²) < 4.78 is 5.69. The summed E-state index contributed by atoms with van der Waals surface area (Å²) in [6.07, 6.45) is 2.61. The first-order chi connectivity index (χ1) is 9.20. The highest BCUT2D eigenvalue weighted by Gasteiger charge is 2.32. The van der Waals surface area contributed by atoms with Crippen molar-refractivity contribution in [2.75, 3.05) is 19.7 Å². The Labute approximate surface area is 113 Å². The number of carbonyl (C=O) groups is 1. The average molecular weight is 261 g/mol. The fraction of sp³-hybridized carbons (Fsp3) is 0.533. The number of rotatable bonds is 6. The third-order valence-corrected chi connectivity index (χ3v) is 3.82. The number of carboxylic acid groups (broad SMARTS) is 1. The van der Waals surface area contributed by atoms with Crippen LogP contribution in [0.5, 0.6) is 5.75 Å². The minimum absolute atomic E-state index is 0.179. The van der Waals surface area contributed by atoms with Crippen molar-refractivity contribution in [1.29, 1.82) is 0 Å². The number of ether oxygens (including phenoxy) is 1. The highest BCUT2D eigenvalue weighted by atomic mass is 16.5. The van der Waals surface area contributed by atoms with Gasteiger partial charge in [0.25, 0.3) is 0 Å². The molecule has 2 fully saturated rings. The van der Waals surface area contributed by atoms with Crippen molar-refractivity contribution in [2.45, 2.75) is 19.4 Å². The lowest BCUT2D eigenvalue weighted by molar-refractivity contribution is -0.147. The minimum Gasteiger partial charge on any atom is -0.493 e. The van der Waals surface area contributed by atoms with Crippen LogP contribution in [0.1, 0.15) is 18.4 Å². The van der Waals surface area contributed by atoms with E-state index < -0.39 is 5.97 Å². The van der Waals surface area contributed by atoms with Crippen molar-refractivity contribution >= 4 is 5.97 Å². The molecule has 1 N–H and O–H groups in total. The molecule has 19 heavy (non-hydrogen) atoms. The molecule has 1 aliphatic heterocycles. The molecule has 1 aliphatic carbocycles. The standard InChI is InChI=1S/C15H19NO3/c17-15(18)13-8-16(9-13)7-11-3-5-14(6-4-11)19-10-12-1-2-12/h3-6,12-13H,1-2,7-10H2,(H,17,18). The fourth-order valence-corrected chi connectivity index (χ4v) is 2.30. The van der Waals surface area contributed by atoms with Gasteiger partial charge in [0.2, 0.25) is 0 Å². The van der Waals surface area contributed by atoms with Gasteiger partial charge < -0.3 is 9.84 Å². The van der Waals surface area contributed by atoms with Gasteiger partial charge in [-0.05, 0) is 36.5 Å². The van der Waals surface area contributed by atoms with Crippen LogP contribution in [-0.4, -0.2) is 35.7 Å². The number of hydrogen-bond donors (Lipinski definition) is 1. The van der Waals surface area contributed by atoms with Gasteiger partial charge in [-0.2, -0.15) is 0 Å². The molecule has 102 valence electrons. The summed E-state index contributed by atoms with van der Waals surface area (Å²) in [6, 6.07) is 8.14. The van der Waals surface area contributed by atoms with Gasteiger partial charge in [0.1, 0.15) is 5.75 Å². The van der Waals surface area contributed by atoms with Crippen LogP contribution in [-0.2, 0) is 11.3 Å². The largest absolute Gasteiger partial charge is 0.493 e. The Morgan fingerprint density at radius 1 is 1.26 bits per heavy atom. The number of likely N-dealkylation sites (tertiary alicyclic amines) is 1. The molecule has 1 saturated carbocycles. The van der Waals surface area contributed by atoms with Gasteiger partial charge in [0.15, 0.2) is 0 Å². The van der Waals surface area contributed by atoms with Crippen molar-refractivity contribution < 1.29 is 14.6 Å². The summed E-state index contributed by atoms with van der Waals surface area (Å²) in [5.41, 5.74) is 1.21. The van der Waals surface area contributed by atoms with Crippen LogP contribution in [0.25, 0.3) is 0 Å². The molecule has 1 aromatic carbocycles. The molecule has 1 heterocycles. The van der Waals surface area contributed by atoms with Gasteiger partial charge in [-0.1, -0.05) is 12.1 Å². The van der Waals surface area contributed by atoms with Crippen molar-refractivity contribution in [3.05, 3.63) is 29.8 Å². The Balaban J connectivity index is 1.45. The molecule has 2 aliphatic rings. The third kappa shape index (κ3) is 3.26. The van der Waals surface area contributed by atoms with E-state index in [4.69, 9.17) is 9.84 Å². The molecular weight excluding hydrogens is 242 g/mol. The summed E-state index contributed by atoms with van der Waals surface area (Å²) in [7, 11) is 0. The molecule has 1 aromatic rings. The lowest BCUT2D eigenvalue weighted by Gasteiger charge is -2.36. The van der Waals surface area contributed by atoms with E-state index in [1.165, 1.54) is 18.4 Å². The second kappa shape index (κ2) is 5.21. The first kappa shape index (κ1) is 12.5. The number of benzene rings is 1. The van der Waals surface area contributed by atoms with Crippen LogP contribution in [0.3, 0.4) is 0 Å². The molecule has 1 saturated heterocycles. The van der Waals surface area contributed by atoms with Crippen molar-refractivity contribution in [3.63, 3.8) is 0 Å². The molecule has 0 amide bonds. The summed E-state index contributed by atoms with van der Waals surface area (Å²) in [4.78, 5) is 12.9. The van der Waals surface area contributed by atoms with E-state index >= 15 is 0 Å². The maximum absolute atomic E-state index is 10.7. The predicted octanol–water partition coefficient (Wildman–Crippen LogP) is 1.99. The topological polar surface area (TPSA) is 49.8 Å². The molecule has 0 atom stereocenters. The molecule has 0 aromatic heterocycles. The minimum atomic E-state index is -0.680. The highest BCUT2D eigenvalue weighted by molar-refractivity contribution is 5.71. The van der Waals surface area contributed by atoms with Crippen LogP contribution in [0, 0.1) is 11.8 Å². The Morgan fingerprint density at radius 3 is 2.53 bits per heavy atom. The Kier molecular flexibility index (Phi) is 3.42. The lowest BCUT2D eigenvalue weighted by Crippen LogP contribution is -2.49. The maximum Gasteiger partial charge on any atom is 0.309 e. The van der Waals surface area contributed by atoms with Gasteiger partial charge in [0, 0.05) is 19.6 Å². The summed E-state index contributed by atoms with van der Waals surface area (Å²) in [6.45, 7) is 2.99. The van der Waals surface area contributed by atoms with E-state index in [9.17, 15) is 4.79 Å². The van der Waals surface area contributed by atoms with Crippen LogP contribution in [0.2, 0.25) is 0 Å². The van der Waals surface area contributed by atoms with E-state index in [0.29, 0.717) is 13.1 Å². The summed E-state index contributed by atoms with van der Waals surface area (Å²) in [5.74, 6) is 0.845.